The largest absolute Gasteiger partial charge is 0.506 e. The van der Waals surface area contributed by atoms with Gasteiger partial charge in [-0.05, 0) is 31.5 Å². The number of aromatic hydroxyl groups is 1. The first-order valence-electron chi connectivity index (χ1n) is 5.53. The van der Waals surface area contributed by atoms with Crippen LogP contribution in [0.5, 0.6) is 5.75 Å². The molecule has 0 atom stereocenters. The summed E-state index contributed by atoms with van der Waals surface area (Å²) in [5, 5.41) is 22.8. The topological polar surface area (TPSA) is 102 Å². The molecule has 0 heterocycles. The van der Waals surface area contributed by atoms with Gasteiger partial charge in [0.1, 0.15) is 5.75 Å². The SMILES string of the molecule is CCOC(=O)C(=CNc1cc(C)ccc1O)[N+](=O)[O-]. The van der Waals surface area contributed by atoms with E-state index in [1.54, 1.807) is 26.0 Å². The minimum absolute atomic E-state index is 0.0414. The van der Waals surface area contributed by atoms with Crippen LogP contribution >= 0.6 is 0 Å². The molecule has 0 amide bonds. The van der Waals surface area contributed by atoms with E-state index in [0.717, 1.165) is 11.8 Å². The predicted molar refractivity (Wildman–Crippen MR) is 68.2 cm³/mol. The molecule has 0 saturated carbocycles. The summed E-state index contributed by atoms with van der Waals surface area (Å²) < 4.78 is 4.56. The van der Waals surface area contributed by atoms with E-state index in [2.05, 4.69) is 10.1 Å². The van der Waals surface area contributed by atoms with Crippen molar-refractivity contribution in [1.82, 2.24) is 0 Å². The van der Waals surface area contributed by atoms with Gasteiger partial charge in [0, 0.05) is 0 Å². The van der Waals surface area contributed by atoms with E-state index in [1.807, 2.05) is 0 Å². The summed E-state index contributed by atoms with van der Waals surface area (Å²) in [4.78, 5) is 21.2. The number of benzene rings is 1. The molecule has 1 aromatic rings. The highest BCUT2D eigenvalue weighted by Crippen LogP contribution is 2.24. The Bertz CT molecular complexity index is 525. The Labute approximate surface area is 109 Å². The molecule has 1 aromatic carbocycles. The van der Waals surface area contributed by atoms with Crippen LogP contribution in [-0.2, 0) is 9.53 Å². The molecule has 102 valence electrons. The second kappa shape index (κ2) is 6.39. The van der Waals surface area contributed by atoms with Gasteiger partial charge in [0.2, 0.25) is 0 Å². The van der Waals surface area contributed by atoms with E-state index < -0.39 is 16.6 Å². The molecule has 1 rings (SSSR count). The zero-order chi connectivity index (χ0) is 14.4. The van der Waals surface area contributed by atoms with Gasteiger partial charge in [-0.15, -0.1) is 0 Å². The molecule has 0 unspecified atom stereocenters. The number of esters is 1. The van der Waals surface area contributed by atoms with Crippen molar-refractivity contribution in [3.8, 4) is 5.75 Å². The quantitative estimate of drug-likeness (QED) is 0.277. The molecule has 19 heavy (non-hydrogen) atoms. The summed E-state index contributed by atoms with van der Waals surface area (Å²) >= 11 is 0. The number of carbonyl (C=O) groups is 1. The minimum Gasteiger partial charge on any atom is -0.506 e. The first-order valence-corrected chi connectivity index (χ1v) is 5.53. The normalized spacial score (nSPS) is 10.9. The molecule has 7 heteroatoms. The number of rotatable bonds is 5. The fourth-order valence-corrected chi connectivity index (χ4v) is 1.30. The van der Waals surface area contributed by atoms with Crippen LogP contribution in [0.3, 0.4) is 0 Å². The molecule has 0 aromatic heterocycles. The number of hydrogen-bond acceptors (Lipinski definition) is 6. The van der Waals surface area contributed by atoms with Crippen LogP contribution in [-0.4, -0.2) is 22.6 Å². The van der Waals surface area contributed by atoms with E-state index in [-0.39, 0.29) is 18.0 Å². The van der Waals surface area contributed by atoms with Crippen molar-refractivity contribution in [3.63, 3.8) is 0 Å². The second-order valence-electron chi connectivity index (χ2n) is 3.67. The molecule has 0 spiro atoms. The Kier molecular flexibility index (Phi) is 4.87. The smallest absolute Gasteiger partial charge is 0.411 e. The van der Waals surface area contributed by atoms with Crippen molar-refractivity contribution in [2.24, 2.45) is 0 Å². The summed E-state index contributed by atoms with van der Waals surface area (Å²) in [5.41, 5.74) is 0.388. The Balaban J connectivity index is 2.95. The number of phenolic OH excluding ortho intramolecular Hbond substituents is 1. The zero-order valence-corrected chi connectivity index (χ0v) is 10.5. The number of nitrogens with zero attached hydrogens (tertiary/aromatic N) is 1. The highest BCUT2D eigenvalue weighted by molar-refractivity contribution is 5.86. The van der Waals surface area contributed by atoms with Gasteiger partial charge >= 0.3 is 11.7 Å². The van der Waals surface area contributed by atoms with Crippen molar-refractivity contribution in [3.05, 3.63) is 45.8 Å². The average Bonchev–Trinajstić information content (AvgIpc) is 2.33. The number of phenols is 1. The Morgan fingerprint density at radius 1 is 1.58 bits per heavy atom. The summed E-state index contributed by atoms with van der Waals surface area (Å²) in [6.07, 6.45) is 0.895. The average molecular weight is 266 g/mol. The zero-order valence-electron chi connectivity index (χ0n) is 10.5. The van der Waals surface area contributed by atoms with Gasteiger partial charge in [0.25, 0.3) is 0 Å². The van der Waals surface area contributed by atoms with Crippen LogP contribution in [0, 0.1) is 17.0 Å². The second-order valence-corrected chi connectivity index (χ2v) is 3.67. The molecule has 0 saturated heterocycles. The van der Waals surface area contributed by atoms with Crippen LogP contribution < -0.4 is 5.32 Å². The third kappa shape index (κ3) is 3.98. The molecule has 0 aliphatic heterocycles. The van der Waals surface area contributed by atoms with E-state index in [1.165, 1.54) is 6.07 Å². The fraction of sp³-hybridized carbons (Fsp3) is 0.250. The number of carbonyl (C=O) groups excluding carboxylic acids is 1. The van der Waals surface area contributed by atoms with Crippen molar-refractivity contribution >= 4 is 11.7 Å². The van der Waals surface area contributed by atoms with Crippen molar-refractivity contribution in [2.45, 2.75) is 13.8 Å². The standard InChI is InChI=1S/C12H14N2O5/c1-3-19-12(16)10(14(17)18)7-13-9-6-8(2)4-5-11(9)15/h4-7,13,15H,3H2,1-2H3. The van der Waals surface area contributed by atoms with Gasteiger partial charge < -0.3 is 15.2 Å². The van der Waals surface area contributed by atoms with Crippen LogP contribution in [0.1, 0.15) is 12.5 Å². The lowest BCUT2D eigenvalue weighted by Gasteiger charge is -2.05. The van der Waals surface area contributed by atoms with Crippen LogP contribution in [0.15, 0.2) is 30.1 Å². The number of nitro groups is 1. The molecule has 0 bridgehead atoms. The lowest BCUT2D eigenvalue weighted by atomic mass is 10.2. The lowest BCUT2D eigenvalue weighted by Crippen LogP contribution is -2.16. The Morgan fingerprint density at radius 3 is 2.84 bits per heavy atom. The number of hydrogen-bond donors (Lipinski definition) is 2. The molecule has 0 fully saturated rings. The molecule has 2 N–H and O–H groups in total. The van der Waals surface area contributed by atoms with Crippen LogP contribution in [0.2, 0.25) is 0 Å². The van der Waals surface area contributed by atoms with Crippen molar-refractivity contribution in [1.29, 1.82) is 0 Å². The first-order chi connectivity index (χ1) is 8.95. The fourth-order valence-electron chi connectivity index (χ4n) is 1.30. The maximum absolute atomic E-state index is 11.3. The molecule has 7 nitrogen and oxygen atoms in total. The van der Waals surface area contributed by atoms with Gasteiger partial charge in [-0.25, -0.2) is 4.79 Å². The number of nitrogens with one attached hydrogen (secondary N) is 1. The monoisotopic (exact) mass is 266 g/mol. The third-order valence-corrected chi connectivity index (χ3v) is 2.20. The molecular formula is C12H14N2O5. The van der Waals surface area contributed by atoms with Gasteiger partial charge in [-0.3, -0.25) is 10.1 Å². The third-order valence-electron chi connectivity index (χ3n) is 2.20. The van der Waals surface area contributed by atoms with Crippen LogP contribution in [0.25, 0.3) is 0 Å². The van der Waals surface area contributed by atoms with Crippen LogP contribution in [0.4, 0.5) is 5.69 Å². The molecule has 0 radical (unpaired) electrons. The summed E-state index contributed by atoms with van der Waals surface area (Å²) in [6.45, 7) is 3.39. The number of ether oxygens (including phenoxy) is 1. The van der Waals surface area contributed by atoms with E-state index >= 15 is 0 Å². The number of aryl methyl sites for hydroxylation is 1. The maximum atomic E-state index is 11.3. The van der Waals surface area contributed by atoms with Gasteiger partial charge in [-0.1, -0.05) is 6.07 Å². The Hall–Kier alpha value is -2.57. The summed E-state index contributed by atoms with van der Waals surface area (Å²) in [7, 11) is 0. The minimum atomic E-state index is -1.04. The number of anilines is 1. The summed E-state index contributed by atoms with van der Waals surface area (Å²) in [5.74, 6) is -1.11. The molecule has 0 aliphatic carbocycles. The lowest BCUT2D eigenvalue weighted by molar-refractivity contribution is -0.421. The van der Waals surface area contributed by atoms with Crippen molar-refractivity contribution in [2.75, 3.05) is 11.9 Å². The highest BCUT2D eigenvalue weighted by Gasteiger charge is 2.23. The predicted octanol–water partition coefficient (Wildman–Crippen LogP) is 1.79. The first kappa shape index (κ1) is 14.5. The van der Waals surface area contributed by atoms with E-state index in [0.29, 0.717) is 0 Å². The van der Waals surface area contributed by atoms with Gasteiger partial charge in [-0.2, -0.15) is 0 Å². The van der Waals surface area contributed by atoms with Crippen molar-refractivity contribution < 1.29 is 19.6 Å². The van der Waals surface area contributed by atoms with E-state index in [4.69, 9.17) is 0 Å². The highest BCUT2D eigenvalue weighted by atomic mass is 16.6. The van der Waals surface area contributed by atoms with Gasteiger partial charge in [0.05, 0.1) is 23.4 Å². The molecule has 0 aliphatic rings. The summed E-state index contributed by atoms with van der Waals surface area (Å²) in [6, 6.07) is 4.72. The van der Waals surface area contributed by atoms with E-state index in [9.17, 15) is 20.0 Å². The Morgan fingerprint density at radius 2 is 2.26 bits per heavy atom. The van der Waals surface area contributed by atoms with Gasteiger partial charge in [0.15, 0.2) is 0 Å². The maximum Gasteiger partial charge on any atom is 0.411 e. The molecular weight excluding hydrogens is 252 g/mol.